The Bertz CT molecular complexity index is 866. The van der Waals surface area contributed by atoms with Crippen LogP contribution in [0.4, 0.5) is 5.69 Å². The summed E-state index contributed by atoms with van der Waals surface area (Å²) in [5.74, 6) is -0.157. The summed E-state index contributed by atoms with van der Waals surface area (Å²) >= 11 is 6.21. The molecule has 136 valence electrons. The number of benzene rings is 2. The van der Waals surface area contributed by atoms with Crippen molar-refractivity contribution in [1.82, 2.24) is 0 Å². The van der Waals surface area contributed by atoms with Gasteiger partial charge < -0.3 is 14.7 Å². The number of fused-ring (bicyclic) bond motifs is 3. The molecule has 2 aromatic rings. The molecular weight excluding hydrogens is 350 g/mol. The molecule has 2 aromatic carbocycles. The second kappa shape index (κ2) is 6.51. The summed E-state index contributed by atoms with van der Waals surface area (Å²) in [5.41, 5.74) is 3.68. The summed E-state index contributed by atoms with van der Waals surface area (Å²) in [6.45, 7) is 4.30. The van der Waals surface area contributed by atoms with E-state index >= 15 is 0 Å². The zero-order valence-corrected chi connectivity index (χ0v) is 15.6. The van der Waals surface area contributed by atoms with Crippen molar-refractivity contribution in [2.45, 2.75) is 31.6 Å². The van der Waals surface area contributed by atoms with Crippen LogP contribution in [0, 0.1) is 0 Å². The quantitative estimate of drug-likeness (QED) is 0.842. The number of hydrogen-bond acceptors (Lipinski definition) is 3. The molecule has 0 amide bonds. The Labute approximate surface area is 158 Å². The number of carboxylic acid groups (broad SMARTS) is 1. The van der Waals surface area contributed by atoms with Gasteiger partial charge in [0.05, 0.1) is 17.9 Å². The van der Waals surface area contributed by atoms with Gasteiger partial charge in [0.25, 0.3) is 0 Å². The predicted molar refractivity (Wildman–Crippen MR) is 103 cm³/mol. The largest absolute Gasteiger partial charge is 0.490 e. The minimum atomic E-state index is -0.916. The van der Waals surface area contributed by atoms with Gasteiger partial charge in [-0.1, -0.05) is 17.7 Å². The van der Waals surface area contributed by atoms with Crippen LogP contribution >= 0.6 is 11.6 Å². The molecule has 5 heteroatoms. The van der Waals surface area contributed by atoms with Crippen LogP contribution in [0.25, 0.3) is 0 Å². The van der Waals surface area contributed by atoms with Crippen LogP contribution in [0.1, 0.15) is 41.3 Å². The zero-order valence-electron chi connectivity index (χ0n) is 14.8. The van der Waals surface area contributed by atoms with Crippen LogP contribution in [0.3, 0.4) is 0 Å². The summed E-state index contributed by atoms with van der Waals surface area (Å²) in [6.07, 6.45) is 3.20. The predicted octanol–water partition coefficient (Wildman–Crippen LogP) is 4.53. The maximum absolute atomic E-state index is 11.4. The van der Waals surface area contributed by atoms with Gasteiger partial charge in [-0.25, -0.2) is 4.79 Å². The third-order valence-electron chi connectivity index (χ3n) is 5.67. The van der Waals surface area contributed by atoms with Gasteiger partial charge in [-0.3, -0.25) is 0 Å². The lowest BCUT2D eigenvalue weighted by Crippen LogP contribution is -2.45. The van der Waals surface area contributed by atoms with Crippen LogP contribution in [0.15, 0.2) is 36.4 Å². The van der Waals surface area contributed by atoms with E-state index in [9.17, 15) is 9.90 Å². The van der Waals surface area contributed by atoms with Crippen molar-refractivity contribution in [2.75, 3.05) is 24.6 Å². The molecule has 1 atom stereocenters. The fraction of sp³-hybridized carbons (Fsp3) is 0.381. The van der Waals surface area contributed by atoms with Crippen LogP contribution in [0.2, 0.25) is 5.02 Å². The van der Waals surface area contributed by atoms with Crippen LogP contribution < -0.4 is 9.64 Å². The van der Waals surface area contributed by atoms with Gasteiger partial charge >= 0.3 is 5.97 Å². The van der Waals surface area contributed by atoms with E-state index in [2.05, 4.69) is 24.0 Å². The van der Waals surface area contributed by atoms with Gasteiger partial charge in [0.15, 0.2) is 0 Å². The third kappa shape index (κ3) is 2.82. The zero-order chi connectivity index (χ0) is 18.3. The maximum atomic E-state index is 11.4. The Morgan fingerprint density at radius 2 is 2.15 bits per heavy atom. The number of carboxylic acids is 1. The first-order valence-electron chi connectivity index (χ1n) is 9.06. The van der Waals surface area contributed by atoms with Gasteiger partial charge in [-0.15, -0.1) is 0 Å². The minimum absolute atomic E-state index is 0.101. The van der Waals surface area contributed by atoms with Gasteiger partial charge in [0.1, 0.15) is 5.75 Å². The molecule has 0 radical (unpaired) electrons. The molecule has 1 aliphatic heterocycles. The van der Waals surface area contributed by atoms with Gasteiger partial charge in [0.2, 0.25) is 0 Å². The molecule has 0 saturated heterocycles. The molecule has 0 aromatic heterocycles. The number of hydrogen-bond donors (Lipinski definition) is 1. The molecule has 4 nitrogen and oxygen atoms in total. The van der Waals surface area contributed by atoms with Crippen molar-refractivity contribution in [1.29, 1.82) is 0 Å². The highest BCUT2D eigenvalue weighted by atomic mass is 35.5. The van der Waals surface area contributed by atoms with E-state index in [0.29, 0.717) is 6.61 Å². The molecule has 4 rings (SSSR count). The Kier molecular flexibility index (Phi) is 4.31. The number of rotatable bonds is 2. The van der Waals surface area contributed by atoms with Crippen molar-refractivity contribution in [3.63, 3.8) is 0 Å². The Morgan fingerprint density at radius 3 is 2.92 bits per heavy atom. The molecule has 0 bridgehead atoms. The lowest BCUT2D eigenvalue weighted by atomic mass is 9.70. The lowest BCUT2D eigenvalue weighted by Gasteiger charge is -2.40. The van der Waals surface area contributed by atoms with Crippen molar-refractivity contribution >= 4 is 23.3 Å². The van der Waals surface area contributed by atoms with E-state index in [-0.39, 0.29) is 11.0 Å². The van der Waals surface area contributed by atoms with E-state index in [0.717, 1.165) is 48.8 Å². The van der Waals surface area contributed by atoms with Gasteiger partial charge in [-0.2, -0.15) is 0 Å². The monoisotopic (exact) mass is 371 g/mol. The fourth-order valence-corrected chi connectivity index (χ4v) is 4.56. The highest BCUT2D eigenvalue weighted by Crippen LogP contribution is 2.44. The summed E-state index contributed by atoms with van der Waals surface area (Å²) in [4.78, 5) is 13.6. The van der Waals surface area contributed by atoms with Gasteiger partial charge in [-0.05, 0) is 67.6 Å². The van der Waals surface area contributed by atoms with Gasteiger partial charge in [0, 0.05) is 23.5 Å². The lowest BCUT2D eigenvalue weighted by molar-refractivity contribution is 0.0697. The smallest absolute Gasteiger partial charge is 0.335 e. The van der Waals surface area contributed by atoms with Crippen molar-refractivity contribution < 1.29 is 14.6 Å². The average Bonchev–Trinajstić information content (AvgIpc) is 2.79. The Hall–Kier alpha value is -2.20. The number of anilines is 1. The molecule has 1 spiro atoms. The molecular formula is C21H22ClNO3. The normalized spacial score (nSPS) is 21.5. The van der Waals surface area contributed by atoms with E-state index in [1.54, 1.807) is 18.2 Å². The molecule has 0 fully saturated rings. The van der Waals surface area contributed by atoms with E-state index in [1.807, 2.05) is 6.07 Å². The van der Waals surface area contributed by atoms with Crippen molar-refractivity contribution in [3.05, 3.63) is 58.1 Å². The van der Waals surface area contributed by atoms with E-state index in [4.69, 9.17) is 16.3 Å². The van der Waals surface area contributed by atoms with Crippen LogP contribution in [-0.4, -0.2) is 30.8 Å². The van der Waals surface area contributed by atoms with E-state index in [1.165, 1.54) is 11.1 Å². The molecule has 26 heavy (non-hydrogen) atoms. The summed E-state index contributed by atoms with van der Waals surface area (Å²) in [5, 5.41) is 10.1. The number of ether oxygens (including phenoxy) is 1. The average molecular weight is 372 g/mol. The summed E-state index contributed by atoms with van der Waals surface area (Å²) in [7, 11) is 0. The topological polar surface area (TPSA) is 49.8 Å². The molecule has 2 aliphatic rings. The molecule has 1 aliphatic carbocycles. The number of nitrogens with zero attached hydrogens (tertiary/aromatic N) is 1. The van der Waals surface area contributed by atoms with Crippen LogP contribution in [0.5, 0.6) is 5.75 Å². The highest BCUT2D eigenvalue weighted by molar-refractivity contribution is 6.30. The van der Waals surface area contributed by atoms with Crippen LogP contribution in [-0.2, 0) is 11.8 Å². The maximum Gasteiger partial charge on any atom is 0.335 e. The fourth-order valence-electron chi connectivity index (χ4n) is 4.37. The minimum Gasteiger partial charge on any atom is -0.490 e. The molecule has 1 heterocycles. The highest BCUT2D eigenvalue weighted by Gasteiger charge is 2.41. The van der Waals surface area contributed by atoms with Crippen molar-refractivity contribution in [2.24, 2.45) is 0 Å². The SMILES string of the molecule is CCN1CC2(CCCc3cc(Cl)ccc32)COc2ccc(C(=O)O)cc21. The number of aromatic carboxylic acids is 1. The molecule has 1 unspecified atom stereocenters. The summed E-state index contributed by atoms with van der Waals surface area (Å²) in [6, 6.07) is 11.3. The number of carbonyl (C=O) groups is 1. The molecule has 1 N–H and O–H groups in total. The Morgan fingerprint density at radius 1 is 1.31 bits per heavy atom. The third-order valence-corrected chi connectivity index (χ3v) is 5.90. The number of likely N-dealkylation sites (N-methyl/N-ethyl adjacent to an activating group) is 1. The Balaban J connectivity index is 1.78. The standard InChI is InChI=1S/C21H22ClNO3/c1-2-23-12-21(9-3-4-14-10-16(22)6-7-17(14)21)13-26-19-8-5-15(20(24)25)11-18(19)23/h5-8,10-11H,2-4,9,12-13H2,1H3,(H,24,25). The number of aryl methyl sites for hydroxylation is 1. The number of halogens is 1. The second-order valence-electron chi connectivity index (χ2n) is 7.23. The second-order valence-corrected chi connectivity index (χ2v) is 7.66. The first-order valence-corrected chi connectivity index (χ1v) is 9.44. The molecule has 0 saturated carbocycles. The van der Waals surface area contributed by atoms with E-state index < -0.39 is 5.97 Å². The van der Waals surface area contributed by atoms with Crippen molar-refractivity contribution in [3.8, 4) is 5.75 Å². The first-order chi connectivity index (χ1) is 12.5. The summed E-state index contributed by atoms with van der Waals surface area (Å²) < 4.78 is 6.23. The first kappa shape index (κ1) is 17.2.